The molecule has 2 aromatic carbocycles. The third kappa shape index (κ3) is 9.81. The third-order valence-electron chi connectivity index (χ3n) is 10.6. The van der Waals surface area contributed by atoms with Crippen molar-refractivity contribution in [2.24, 2.45) is 5.41 Å². The Bertz CT molecular complexity index is 1290. The zero-order valence-electron chi connectivity index (χ0n) is 34.4. The van der Waals surface area contributed by atoms with Crippen molar-refractivity contribution in [3.8, 4) is 0 Å². The molecule has 0 amide bonds. The van der Waals surface area contributed by atoms with Gasteiger partial charge in [0.05, 0.1) is 25.2 Å². The van der Waals surface area contributed by atoms with E-state index < -0.39 is 69.7 Å². The Balaban J connectivity index is 3.85. The van der Waals surface area contributed by atoms with E-state index in [9.17, 15) is 29.8 Å². The van der Waals surface area contributed by atoms with Gasteiger partial charge in [-0.3, -0.25) is 4.52 Å². The van der Waals surface area contributed by atoms with E-state index in [0.29, 0.717) is 11.1 Å². The van der Waals surface area contributed by atoms with Gasteiger partial charge in [-0.1, -0.05) is 135 Å². The molecule has 2 aromatic rings. The van der Waals surface area contributed by atoms with Gasteiger partial charge in [0, 0.05) is 0 Å². The number of hydrogen-bond acceptors (Lipinski definition) is 8. The van der Waals surface area contributed by atoms with Crippen LogP contribution in [0.4, 0.5) is 0 Å². The smallest absolute Gasteiger partial charge is 0.328 e. The van der Waals surface area contributed by atoms with E-state index in [1.54, 1.807) is 0 Å². The molecule has 0 aliphatic rings. The van der Waals surface area contributed by atoms with Gasteiger partial charge in [-0.15, -0.1) is 0 Å². The average Bonchev–Trinajstić information content (AvgIpc) is 3.00. The van der Waals surface area contributed by atoms with Crippen LogP contribution in [-0.4, -0.2) is 49.6 Å². The molecule has 0 aromatic heterocycles. The molecule has 6 N–H and O–H groups in total. The molecule has 51 heavy (non-hydrogen) atoms. The molecule has 2 atom stereocenters. The third-order valence-corrected chi connectivity index (χ3v) is 11.4. The highest BCUT2D eigenvalue weighted by Crippen LogP contribution is 2.62. The van der Waals surface area contributed by atoms with E-state index in [-0.39, 0.29) is 11.8 Å². The summed E-state index contributed by atoms with van der Waals surface area (Å²) in [5.74, 6) is 0.399. The predicted molar refractivity (Wildman–Crippen MR) is 212 cm³/mol. The monoisotopic (exact) mass is 752 g/mol. The minimum absolute atomic E-state index is 0.200. The lowest BCUT2D eigenvalue weighted by atomic mass is 9.56. The molecule has 0 saturated carbocycles. The summed E-state index contributed by atoms with van der Waals surface area (Å²) >= 11 is 0. The summed E-state index contributed by atoms with van der Waals surface area (Å²) < 4.78 is 12.4. The SMILES string of the molecule is CCC(C)c1cc(C(C)(C)C)c(C(OP(O)O)(c2c(C(C)(C)C)cc(C(C)CC)cc2C(C)(C)C)C(CO)(CO)COP(O)O)c(C(C)(C)C)c1. The maximum absolute atomic E-state index is 11.8. The van der Waals surface area contributed by atoms with Crippen LogP contribution in [0.5, 0.6) is 0 Å². The fourth-order valence-electron chi connectivity index (χ4n) is 7.11. The lowest BCUT2D eigenvalue weighted by Gasteiger charge is -2.54. The summed E-state index contributed by atoms with van der Waals surface area (Å²) in [6, 6.07) is 8.67. The first-order valence-electron chi connectivity index (χ1n) is 18.4. The Hall–Kier alpha value is -1.02. The topological polar surface area (TPSA) is 140 Å². The number of aliphatic hydroxyl groups excluding tert-OH is 2. The molecular formula is C41H70O8P2. The zero-order chi connectivity index (χ0) is 39.7. The van der Waals surface area contributed by atoms with Gasteiger partial charge in [0.2, 0.25) is 0 Å². The van der Waals surface area contributed by atoms with Crippen LogP contribution in [0, 0.1) is 5.41 Å². The van der Waals surface area contributed by atoms with Gasteiger partial charge >= 0.3 is 17.2 Å². The Morgan fingerprint density at radius 3 is 1.04 bits per heavy atom. The first-order chi connectivity index (χ1) is 23.1. The van der Waals surface area contributed by atoms with Crippen molar-refractivity contribution in [3.05, 3.63) is 68.8 Å². The number of hydrogen-bond donors (Lipinski definition) is 6. The molecule has 8 nitrogen and oxygen atoms in total. The molecular weight excluding hydrogens is 682 g/mol. The minimum atomic E-state index is -3.17. The van der Waals surface area contributed by atoms with Crippen LogP contribution in [-0.2, 0) is 36.3 Å². The molecule has 0 heterocycles. The van der Waals surface area contributed by atoms with Crippen molar-refractivity contribution in [2.45, 2.75) is 163 Å². The van der Waals surface area contributed by atoms with Crippen LogP contribution in [0.1, 0.15) is 180 Å². The van der Waals surface area contributed by atoms with Gasteiger partial charge in [-0.25, -0.2) is 0 Å². The summed E-state index contributed by atoms with van der Waals surface area (Å²) in [7, 11) is -6.11. The number of benzene rings is 2. The fourth-order valence-corrected chi connectivity index (χ4v) is 8.09. The molecule has 0 aliphatic heterocycles. The first kappa shape index (κ1) is 46.1. The molecule has 10 heteroatoms. The molecule has 2 unspecified atom stereocenters. The second kappa shape index (κ2) is 16.8. The van der Waals surface area contributed by atoms with Crippen molar-refractivity contribution in [1.82, 2.24) is 0 Å². The van der Waals surface area contributed by atoms with Crippen molar-refractivity contribution >= 4 is 17.2 Å². The maximum atomic E-state index is 11.8. The van der Waals surface area contributed by atoms with Crippen molar-refractivity contribution < 1.29 is 38.8 Å². The van der Waals surface area contributed by atoms with Crippen LogP contribution in [0.25, 0.3) is 0 Å². The summed E-state index contributed by atoms with van der Waals surface area (Å²) in [5, 5.41) is 23.5. The van der Waals surface area contributed by atoms with Gasteiger partial charge in [0.1, 0.15) is 5.60 Å². The molecule has 0 saturated heterocycles. The van der Waals surface area contributed by atoms with E-state index >= 15 is 0 Å². The highest BCUT2D eigenvalue weighted by Gasteiger charge is 2.61. The number of aliphatic hydroxyl groups is 2. The summed E-state index contributed by atoms with van der Waals surface area (Å²) in [6.45, 7) is 31.8. The lowest BCUT2D eigenvalue weighted by molar-refractivity contribution is -0.123. The first-order valence-corrected chi connectivity index (χ1v) is 20.7. The van der Waals surface area contributed by atoms with E-state index in [1.807, 2.05) is 0 Å². The Kier molecular flexibility index (Phi) is 15.2. The predicted octanol–water partition coefficient (Wildman–Crippen LogP) is 9.57. The molecule has 0 fully saturated rings. The van der Waals surface area contributed by atoms with Crippen molar-refractivity contribution in [3.63, 3.8) is 0 Å². The van der Waals surface area contributed by atoms with Gasteiger partial charge in [0.25, 0.3) is 0 Å². The second-order valence-corrected chi connectivity index (χ2v) is 20.2. The fraction of sp³-hybridized carbons (Fsp3) is 0.707. The quantitative estimate of drug-likeness (QED) is 0.105. The van der Waals surface area contributed by atoms with E-state index in [4.69, 9.17) is 9.05 Å². The van der Waals surface area contributed by atoms with Crippen molar-refractivity contribution in [1.29, 1.82) is 0 Å². The van der Waals surface area contributed by atoms with E-state index in [0.717, 1.165) is 46.2 Å². The highest BCUT2D eigenvalue weighted by atomic mass is 31.2. The summed E-state index contributed by atoms with van der Waals surface area (Å²) in [5.41, 5.74) is 0.752. The van der Waals surface area contributed by atoms with Crippen LogP contribution < -0.4 is 0 Å². The van der Waals surface area contributed by atoms with Crippen LogP contribution in [0.3, 0.4) is 0 Å². The Morgan fingerprint density at radius 2 is 0.843 bits per heavy atom. The van der Waals surface area contributed by atoms with Gasteiger partial charge in [-0.2, -0.15) is 0 Å². The van der Waals surface area contributed by atoms with Gasteiger partial charge in [0.15, 0.2) is 0 Å². The summed E-state index contributed by atoms with van der Waals surface area (Å²) in [6.07, 6.45) is 1.79. The Labute approximate surface area is 312 Å². The largest absolute Gasteiger partial charge is 0.395 e. The minimum Gasteiger partial charge on any atom is -0.395 e. The molecule has 0 radical (unpaired) electrons. The van der Waals surface area contributed by atoms with Crippen LogP contribution in [0.15, 0.2) is 24.3 Å². The van der Waals surface area contributed by atoms with E-state index in [2.05, 4.69) is 135 Å². The molecule has 292 valence electrons. The van der Waals surface area contributed by atoms with Gasteiger partial charge < -0.3 is 34.3 Å². The lowest BCUT2D eigenvalue weighted by Crippen LogP contribution is -2.58. The second-order valence-electron chi connectivity index (χ2n) is 18.7. The summed E-state index contributed by atoms with van der Waals surface area (Å²) in [4.78, 5) is 42.9. The van der Waals surface area contributed by atoms with Crippen molar-refractivity contribution in [2.75, 3.05) is 19.8 Å². The molecule has 0 aliphatic carbocycles. The highest BCUT2D eigenvalue weighted by molar-refractivity contribution is 7.39. The molecule has 0 bridgehead atoms. The van der Waals surface area contributed by atoms with Gasteiger partial charge in [-0.05, 0) is 90.8 Å². The normalized spacial score (nSPS) is 16.2. The van der Waals surface area contributed by atoms with E-state index in [1.165, 1.54) is 0 Å². The van der Waals surface area contributed by atoms with Crippen LogP contribution in [0.2, 0.25) is 0 Å². The molecule has 0 spiro atoms. The average molecular weight is 753 g/mol. The zero-order valence-corrected chi connectivity index (χ0v) is 36.2. The maximum Gasteiger partial charge on any atom is 0.328 e. The standard InChI is InChI=1S/C41H70O8P2/c1-17-26(3)28-19-30(36(5,6)7)34(31(20-28)37(8,9)10)41(49-51(46)47,40(23-42,24-43)25-48-50(44)45)35-32(38(11,12)13)21-29(27(4)18-2)22-33(35)39(14,15)16/h19-22,26-27,42-47H,17-18,23-25H2,1-16H3. The number of rotatable bonds is 14. The molecule has 2 rings (SSSR count). The Morgan fingerprint density at radius 1 is 0.549 bits per heavy atom. The van der Waals surface area contributed by atoms with Crippen LogP contribution >= 0.6 is 17.2 Å².